The van der Waals surface area contributed by atoms with Crippen LogP contribution in [-0.4, -0.2) is 58.7 Å². The third-order valence-corrected chi connectivity index (χ3v) is 4.24. The summed E-state index contributed by atoms with van der Waals surface area (Å²) in [6.07, 6.45) is -5.36. The quantitative estimate of drug-likeness (QED) is 0.475. The fourth-order valence-corrected chi connectivity index (χ4v) is 2.78. The Morgan fingerprint density at radius 3 is 2.52 bits per heavy atom. The fraction of sp³-hybridized carbons (Fsp3) is 0.556. The van der Waals surface area contributed by atoms with Crippen molar-refractivity contribution in [3.63, 3.8) is 0 Å². The van der Waals surface area contributed by atoms with Crippen molar-refractivity contribution >= 4 is 23.4 Å². The predicted molar refractivity (Wildman–Crippen MR) is 100 cm³/mol. The molecule has 3 N–H and O–H groups in total. The average molecular weight is 399 g/mol. The molecule has 1 aromatic carbocycles. The molecule has 0 bridgehead atoms. The third-order valence-electron chi connectivity index (χ3n) is 3.97. The number of hydrogen-bond donors (Lipinski definition) is 3. The van der Waals surface area contributed by atoms with E-state index in [0.29, 0.717) is 24.1 Å². The van der Waals surface area contributed by atoms with E-state index in [-0.39, 0.29) is 0 Å². The van der Waals surface area contributed by atoms with Crippen molar-refractivity contribution in [1.82, 2.24) is 5.32 Å². The summed E-state index contributed by atoms with van der Waals surface area (Å²) < 4.78 is 21.5. The van der Waals surface area contributed by atoms with Crippen molar-refractivity contribution in [2.45, 2.75) is 58.0 Å². The van der Waals surface area contributed by atoms with Crippen molar-refractivity contribution in [2.24, 2.45) is 0 Å². The molecule has 150 valence electrons. The Labute approximate surface area is 163 Å². The van der Waals surface area contributed by atoms with E-state index in [2.05, 4.69) is 5.32 Å². The molecule has 0 radical (unpaired) electrons. The van der Waals surface area contributed by atoms with Crippen LogP contribution < -0.4 is 10.1 Å². The third kappa shape index (κ3) is 6.03. The molecule has 5 atom stereocenters. The highest BCUT2D eigenvalue weighted by atomic mass is 32.1. The van der Waals surface area contributed by atoms with Gasteiger partial charge in [-0.1, -0.05) is 12.1 Å². The normalized spacial score (nSPS) is 27.5. The zero-order valence-electron chi connectivity index (χ0n) is 15.5. The Morgan fingerprint density at radius 1 is 1.26 bits per heavy atom. The minimum absolute atomic E-state index is 0.333. The molecule has 0 aliphatic carbocycles. The number of aliphatic hydroxyl groups excluding tert-OH is 2. The highest BCUT2D eigenvalue weighted by Crippen LogP contribution is 2.26. The monoisotopic (exact) mass is 399 g/mol. The van der Waals surface area contributed by atoms with Gasteiger partial charge < -0.3 is 34.5 Å². The maximum atomic E-state index is 11.3. The lowest BCUT2D eigenvalue weighted by Crippen LogP contribution is -2.59. The molecule has 2 rings (SSSR count). The number of ether oxygens (including phenoxy) is 4. The summed E-state index contributed by atoms with van der Waals surface area (Å²) >= 11 is 5.01. The zero-order valence-corrected chi connectivity index (χ0v) is 16.3. The number of hydrogen-bond acceptors (Lipinski definition) is 8. The van der Waals surface area contributed by atoms with E-state index in [1.54, 1.807) is 19.1 Å². The first-order valence-electron chi connectivity index (χ1n) is 8.66. The lowest BCUT2D eigenvalue weighted by Gasteiger charge is -2.40. The Hall–Kier alpha value is -1.94. The van der Waals surface area contributed by atoms with Gasteiger partial charge in [0.25, 0.3) is 5.17 Å². The second-order valence-electron chi connectivity index (χ2n) is 6.10. The molecule has 1 fully saturated rings. The van der Waals surface area contributed by atoms with Crippen LogP contribution in [0.1, 0.15) is 26.3 Å². The van der Waals surface area contributed by atoms with Crippen molar-refractivity contribution in [2.75, 3.05) is 6.61 Å². The van der Waals surface area contributed by atoms with Gasteiger partial charge in [0.1, 0.15) is 18.0 Å². The molecule has 27 heavy (non-hydrogen) atoms. The Bertz CT molecular complexity index is 639. The summed E-state index contributed by atoms with van der Waals surface area (Å²) in [5, 5.41) is 23.4. The number of thiocarbonyl (C=S) groups is 1. The van der Waals surface area contributed by atoms with E-state index in [1.165, 1.54) is 6.92 Å². The molecular weight excluding hydrogens is 374 g/mol. The number of carbonyl (C=O) groups excluding carboxylic acids is 1. The number of rotatable bonds is 6. The lowest BCUT2D eigenvalue weighted by molar-refractivity contribution is -0.273. The van der Waals surface area contributed by atoms with Gasteiger partial charge in [-0.3, -0.25) is 4.79 Å². The molecule has 1 aliphatic heterocycles. The summed E-state index contributed by atoms with van der Waals surface area (Å²) in [5.41, 5.74) is 0.953. The Kier molecular flexibility index (Phi) is 7.78. The number of esters is 1. The molecule has 0 aromatic heterocycles. The molecule has 8 nitrogen and oxygen atoms in total. The molecule has 0 spiro atoms. The minimum atomic E-state index is -1.31. The lowest BCUT2D eigenvalue weighted by atomic mass is 10.00. The van der Waals surface area contributed by atoms with E-state index in [1.807, 2.05) is 19.1 Å². The van der Waals surface area contributed by atoms with Crippen LogP contribution in [0.25, 0.3) is 0 Å². The molecule has 0 unspecified atom stereocenters. The van der Waals surface area contributed by atoms with E-state index >= 15 is 0 Å². The molecule has 0 saturated carbocycles. The smallest absolute Gasteiger partial charge is 0.303 e. The largest absolute Gasteiger partial charge is 0.471 e. The van der Waals surface area contributed by atoms with Crippen LogP contribution in [0.2, 0.25) is 0 Å². The van der Waals surface area contributed by atoms with Gasteiger partial charge in [-0.25, -0.2) is 0 Å². The summed E-state index contributed by atoms with van der Waals surface area (Å²) in [5.74, 6) is -0.145. The van der Waals surface area contributed by atoms with E-state index in [0.717, 1.165) is 5.56 Å². The van der Waals surface area contributed by atoms with Gasteiger partial charge in [0.2, 0.25) is 6.29 Å². The number of nitrogens with one attached hydrogen (secondary N) is 1. The molecule has 1 aromatic rings. The van der Waals surface area contributed by atoms with Gasteiger partial charge in [-0.15, -0.1) is 0 Å². The van der Waals surface area contributed by atoms with Crippen LogP contribution in [0.5, 0.6) is 5.75 Å². The molecule has 9 heteroatoms. The van der Waals surface area contributed by atoms with E-state index in [4.69, 9.17) is 31.2 Å². The Balaban J connectivity index is 2.01. The second kappa shape index (κ2) is 9.84. The predicted octanol–water partition coefficient (Wildman–Crippen LogP) is 0.875. The average Bonchev–Trinajstić information content (AvgIpc) is 2.62. The van der Waals surface area contributed by atoms with Gasteiger partial charge >= 0.3 is 5.97 Å². The highest BCUT2D eigenvalue weighted by molar-refractivity contribution is 7.80. The van der Waals surface area contributed by atoms with Crippen molar-refractivity contribution in [3.05, 3.63) is 29.8 Å². The van der Waals surface area contributed by atoms with Gasteiger partial charge in [0.15, 0.2) is 6.10 Å². The van der Waals surface area contributed by atoms with E-state index in [9.17, 15) is 15.0 Å². The zero-order chi connectivity index (χ0) is 20.0. The molecule has 1 saturated heterocycles. The molecule has 1 aliphatic rings. The van der Waals surface area contributed by atoms with Gasteiger partial charge in [0, 0.05) is 13.5 Å². The fourth-order valence-electron chi connectivity index (χ4n) is 2.59. The standard InChI is InChI=1S/C18H25NO7S/c1-4-23-18(27)19-9-12-5-7-13(8-6-12)26-17-16(25-11(3)20)15(22)14(21)10(2)24-17/h5-8,10,14-17,21-22H,4,9H2,1-3H3,(H,19,27)/t10-,14-,15+,16+,17-/m0/s1. The van der Waals surface area contributed by atoms with Gasteiger partial charge in [-0.05, 0) is 43.8 Å². The maximum absolute atomic E-state index is 11.3. The molecular formula is C18H25NO7S. The minimum Gasteiger partial charge on any atom is -0.471 e. The summed E-state index contributed by atoms with van der Waals surface area (Å²) in [7, 11) is 0. The van der Waals surface area contributed by atoms with Gasteiger partial charge in [0.05, 0.1) is 12.7 Å². The van der Waals surface area contributed by atoms with Crippen LogP contribution >= 0.6 is 12.2 Å². The second-order valence-corrected chi connectivity index (χ2v) is 6.47. The first-order valence-corrected chi connectivity index (χ1v) is 9.07. The van der Waals surface area contributed by atoms with Crippen LogP contribution in [0.4, 0.5) is 0 Å². The topological polar surface area (TPSA) is 106 Å². The number of benzene rings is 1. The van der Waals surface area contributed by atoms with Crippen molar-refractivity contribution < 1.29 is 34.0 Å². The van der Waals surface area contributed by atoms with Crippen LogP contribution in [0.3, 0.4) is 0 Å². The van der Waals surface area contributed by atoms with Gasteiger partial charge in [-0.2, -0.15) is 0 Å². The number of aliphatic hydroxyl groups is 2. The van der Waals surface area contributed by atoms with Crippen molar-refractivity contribution in [3.8, 4) is 5.75 Å². The van der Waals surface area contributed by atoms with E-state index < -0.39 is 36.7 Å². The Morgan fingerprint density at radius 2 is 1.93 bits per heavy atom. The summed E-state index contributed by atoms with van der Waals surface area (Å²) in [6.45, 7) is 5.67. The summed E-state index contributed by atoms with van der Waals surface area (Å²) in [4.78, 5) is 11.3. The number of carbonyl (C=O) groups is 1. The van der Waals surface area contributed by atoms with Crippen LogP contribution in [-0.2, 0) is 25.5 Å². The highest BCUT2D eigenvalue weighted by Gasteiger charge is 2.46. The van der Waals surface area contributed by atoms with Crippen molar-refractivity contribution in [1.29, 1.82) is 0 Å². The van der Waals surface area contributed by atoms with Crippen LogP contribution in [0, 0.1) is 0 Å². The maximum Gasteiger partial charge on any atom is 0.303 e. The molecule has 0 amide bonds. The first-order chi connectivity index (χ1) is 12.8. The SMILES string of the molecule is CCOC(=S)NCc1ccc(O[C@@H]2O[C@@H](C)[C@H](O)[C@@H](O)[C@H]2OC(C)=O)cc1. The first kappa shape index (κ1) is 21.4. The summed E-state index contributed by atoms with van der Waals surface area (Å²) in [6, 6.07) is 7.10. The molecule has 1 heterocycles. The van der Waals surface area contributed by atoms with Crippen LogP contribution in [0.15, 0.2) is 24.3 Å².